The minimum Gasteiger partial charge on any atom is -0.473 e. The molecule has 2 aromatic carbocycles. The monoisotopic (exact) mass is 532 g/mol. The molecule has 206 valence electrons. The lowest BCUT2D eigenvalue weighted by molar-refractivity contribution is -0.159. The van der Waals surface area contributed by atoms with Gasteiger partial charge in [0.2, 0.25) is 0 Å². The van der Waals surface area contributed by atoms with Gasteiger partial charge in [0.05, 0.1) is 18.9 Å². The average Bonchev–Trinajstić information content (AvgIpc) is 2.97. The Kier molecular flexibility index (Phi) is 9.51. The molecule has 1 atom stereocenters. The van der Waals surface area contributed by atoms with Gasteiger partial charge in [-0.25, -0.2) is 14.6 Å². The summed E-state index contributed by atoms with van der Waals surface area (Å²) in [6.45, 7) is 10.9. The smallest absolute Gasteiger partial charge is 0.414 e. The van der Waals surface area contributed by atoms with E-state index in [0.717, 1.165) is 63.9 Å². The minimum absolute atomic E-state index is 0.517. The summed E-state index contributed by atoms with van der Waals surface area (Å²) in [4.78, 5) is 28.2. The summed E-state index contributed by atoms with van der Waals surface area (Å²) >= 11 is 0. The van der Waals surface area contributed by atoms with Crippen LogP contribution in [0, 0.1) is 0 Å². The van der Waals surface area contributed by atoms with Crippen molar-refractivity contribution in [1.29, 1.82) is 0 Å². The Bertz CT molecular complexity index is 1320. The molecule has 2 fully saturated rings. The van der Waals surface area contributed by atoms with Crippen LogP contribution in [0.2, 0.25) is 0 Å². The fourth-order valence-electron chi connectivity index (χ4n) is 4.88. The van der Waals surface area contributed by atoms with Crippen LogP contribution in [0.5, 0.6) is 0 Å². The number of pyridine rings is 1. The number of nitrogens with zero attached hydrogens (tertiary/aromatic N) is 3. The summed E-state index contributed by atoms with van der Waals surface area (Å²) in [6, 6.07) is 20.2. The van der Waals surface area contributed by atoms with Gasteiger partial charge >= 0.3 is 11.9 Å². The lowest BCUT2D eigenvalue weighted by Crippen LogP contribution is -2.50. The van der Waals surface area contributed by atoms with Gasteiger partial charge in [-0.1, -0.05) is 43.3 Å². The molecule has 2 aliphatic rings. The third-order valence-corrected chi connectivity index (χ3v) is 7.01. The molecule has 9 heteroatoms. The molecule has 0 amide bonds. The van der Waals surface area contributed by atoms with E-state index >= 15 is 0 Å². The minimum atomic E-state index is -1.82. The number of aromatic nitrogens is 1. The predicted molar refractivity (Wildman–Crippen MR) is 154 cm³/mol. The van der Waals surface area contributed by atoms with E-state index in [4.69, 9.17) is 29.5 Å². The van der Waals surface area contributed by atoms with E-state index in [1.165, 1.54) is 27.6 Å². The summed E-state index contributed by atoms with van der Waals surface area (Å²) in [5, 5.41) is 20.9. The van der Waals surface area contributed by atoms with E-state index in [-0.39, 0.29) is 0 Å². The number of benzene rings is 2. The molecule has 3 heterocycles. The summed E-state index contributed by atoms with van der Waals surface area (Å²) in [6.07, 6.45) is 3.36. The van der Waals surface area contributed by atoms with Crippen molar-refractivity contribution in [2.75, 3.05) is 55.7 Å². The Hall–Kier alpha value is -3.95. The molecule has 39 heavy (non-hydrogen) atoms. The number of fused-ring (bicyclic) bond motifs is 1. The van der Waals surface area contributed by atoms with E-state index in [2.05, 4.69) is 89.6 Å². The van der Waals surface area contributed by atoms with Crippen LogP contribution in [-0.2, 0) is 14.3 Å². The molecule has 0 radical (unpaired) electrons. The molecule has 0 aliphatic carbocycles. The highest BCUT2D eigenvalue weighted by Gasteiger charge is 2.21. The number of carboxylic acids is 2. The largest absolute Gasteiger partial charge is 0.473 e. The number of carbonyl (C=O) groups is 2. The molecule has 0 bridgehead atoms. The second-order valence-corrected chi connectivity index (χ2v) is 9.68. The van der Waals surface area contributed by atoms with Gasteiger partial charge in [-0.2, -0.15) is 0 Å². The van der Waals surface area contributed by atoms with Gasteiger partial charge in [0.25, 0.3) is 0 Å². The maximum atomic E-state index is 9.10. The first kappa shape index (κ1) is 28.1. The van der Waals surface area contributed by atoms with E-state index < -0.39 is 11.9 Å². The Labute approximate surface area is 228 Å². The number of anilines is 2. The Morgan fingerprint density at radius 2 is 1.77 bits per heavy atom. The first-order valence-corrected chi connectivity index (χ1v) is 13.3. The summed E-state index contributed by atoms with van der Waals surface area (Å²) < 4.78 is 5.52. The SMILES string of the molecule is CCC1CN(c2nc(/C=C(\C)c3cccc(N4CCOCC4)c3)cc3ccccc23)CCN1.O=C(O)C(=O)O. The van der Waals surface area contributed by atoms with Crippen molar-refractivity contribution in [2.24, 2.45) is 0 Å². The number of carboxylic acid groups (broad SMARTS) is 2. The van der Waals surface area contributed by atoms with Crippen LogP contribution in [0.1, 0.15) is 31.5 Å². The average molecular weight is 533 g/mol. The van der Waals surface area contributed by atoms with Gasteiger partial charge < -0.3 is 30.1 Å². The molecule has 2 saturated heterocycles. The highest BCUT2D eigenvalue weighted by Crippen LogP contribution is 2.29. The number of allylic oxidation sites excluding steroid dienone is 1. The lowest BCUT2D eigenvalue weighted by Gasteiger charge is -2.34. The first-order valence-electron chi connectivity index (χ1n) is 13.3. The Balaban J connectivity index is 0.000000531. The second kappa shape index (κ2) is 13.2. The zero-order valence-corrected chi connectivity index (χ0v) is 22.5. The number of piperazine rings is 1. The summed E-state index contributed by atoms with van der Waals surface area (Å²) in [5.41, 5.74) is 4.75. The molecule has 1 unspecified atom stereocenters. The van der Waals surface area contributed by atoms with Crippen molar-refractivity contribution < 1.29 is 24.5 Å². The predicted octanol–water partition coefficient (Wildman–Crippen LogP) is 3.98. The second-order valence-electron chi connectivity index (χ2n) is 9.68. The zero-order chi connectivity index (χ0) is 27.8. The number of nitrogens with one attached hydrogen (secondary N) is 1. The van der Waals surface area contributed by atoms with Crippen molar-refractivity contribution in [2.45, 2.75) is 26.3 Å². The van der Waals surface area contributed by atoms with Gasteiger partial charge in [0.15, 0.2) is 0 Å². The van der Waals surface area contributed by atoms with Gasteiger partial charge in [0, 0.05) is 49.8 Å². The number of morpholine rings is 1. The third kappa shape index (κ3) is 7.34. The van der Waals surface area contributed by atoms with Gasteiger partial charge in [-0.3, -0.25) is 0 Å². The molecule has 0 saturated carbocycles. The van der Waals surface area contributed by atoms with E-state index in [1.54, 1.807) is 0 Å². The highest BCUT2D eigenvalue weighted by atomic mass is 16.5. The van der Waals surface area contributed by atoms with Crippen LogP contribution >= 0.6 is 0 Å². The number of aliphatic carboxylic acids is 2. The van der Waals surface area contributed by atoms with Crippen molar-refractivity contribution in [3.05, 3.63) is 65.9 Å². The molecule has 3 aromatic rings. The Morgan fingerprint density at radius 1 is 1.03 bits per heavy atom. The molecule has 3 N–H and O–H groups in total. The summed E-state index contributed by atoms with van der Waals surface area (Å²) in [7, 11) is 0. The van der Waals surface area contributed by atoms with Crippen molar-refractivity contribution in [1.82, 2.24) is 10.3 Å². The first-order chi connectivity index (χ1) is 18.9. The molecule has 1 aromatic heterocycles. The molecule has 5 rings (SSSR count). The summed E-state index contributed by atoms with van der Waals surface area (Å²) in [5.74, 6) is -2.54. The van der Waals surface area contributed by atoms with Crippen LogP contribution in [0.3, 0.4) is 0 Å². The van der Waals surface area contributed by atoms with E-state index in [9.17, 15) is 0 Å². The zero-order valence-electron chi connectivity index (χ0n) is 22.5. The number of hydrogen-bond donors (Lipinski definition) is 3. The van der Waals surface area contributed by atoms with Gasteiger partial charge in [0.1, 0.15) is 5.82 Å². The van der Waals surface area contributed by atoms with Crippen LogP contribution in [0.4, 0.5) is 11.5 Å². The Morgan fingerprint density at radius 3 is 2.49 bits per heavy atom. The normalized spacial score (nSPS) is 17.9. The standard InChI is InChI=1S/C28H34N4O.C2H2O4/c1-3-24-20-32(12-11-29-24)28-27-10-5-4-7-23(27)18-25(30-28)17-21(2)22-8-6-9-26(19-22)31-13-15-33-16-14-31;3-1(4)2(5)6/h4-10,17-19,24,29H,3,11-16,20H2,1-2H3;(H,3,4)(H,5,6)/b21-17+;. The fraction of sp³-hybridized carbons (Fsp3) is 0.367. The number of hydrogen-bond acceptors (Lipinski definition) is 7. The number of ether oxygens (including phenoxy) is 1. The maximum Gasteiger partial charge on any atom is 0.414 e. The van der Waals surface area contributed by atoms with Crippen molar-refractivity contribution >= 4 is 45.9 Å². The molecular weight excluding hydrogens is 496 g/mol. The van der Waals surface area contributed by atoms with E-state index in [0.29, 0.717) is 6.04 Å². The molecule has 2 aliphatic heterocycles. The highest BCUT2D eigenvalue weighted by molar-refractivity contribution is 6.27. The van der Waals surface area contributed by atoms with Crippen LogP contribution in [0.25, 0.3) is 22.4 Å². The fourth-order valence-corrected chi connectivity index (χ4v) is 4.88. The topological polar surface area (TPSA) is 115 Å². The quantitative estimate of drug-likeness (QED) is 0.420. The molecular formula is C30H36N4O5. The maximum absolute atomic E-state index is 9.10. The van der Waals surface area contributed by atoms with Crippen LogP contribution < -0.4 is 15.1 Å². The van der Waals surface area contributed by atoms with Gasteiger partial charge in [-0.15, -0.1) is 0 Å². The van der Waals surface area contributed by atoms with Crippen molar-refractivity contribution in [3.8, 4) is 0 Å². The van der Waals surface area contributed by atoms with Gasteiger partial charge in [-0.05, 0) is 54.1 Å². The van der Waals surface area contributed by atoms with Crippen LogP contribution in [0.15, 0.2) is 54.6 Å². The molecule has 0 spiro atoms. The third-order valence-electron chi connectivity index (χ3n) is 7.01. The van der Waals surface area contributed by atoms with E-state index in [1.807, 2.05) is 0 Å². The number of rotatable bonds is 5. The van der Waals surface area contributed by atoms with Crippen LogP contribution in [-0.4, -0.2) is 79.1 Å². The van der Waals surface area contributed by atoms with Crippen molar-refractivity contribution in [3.63, 3.8) is 0 Å². The molecule has 9 nitrogen and oxygen atoms in total. The lowest BCUT2D eigenvalue weighted by atomic mass is 10.0.